The molecule has 13 heavy (non-hydrogen) atoms. The average molecular weight is 242 g/mol. The molecule has 0 fully saturated rings. The first-order valence-corrected chi connectivity index (χ1v) is 4.56. The van der Waals surface area contributed by atoms with Gasteiger partial charge in [0.1, 0.15) is 0 Å². The summed E-state index contributed by atoms with van der Waals surface area (Å²) in [6.45, 7) is 1.99. The minimum atomic E-state index is 0.533. The number of hydrogen-bond donors (Lipinski definition) is 1. The third-order valence-electron chi connectivity index (χ3n) is 1.94. The Hall–Kier alpha value is -1.10. The molecule has 0 atom stereocenters. The van der Waals surface area contributed by atoms with E-state index in [2.05, 4.69) is 31.1 Å². The molecule has 0 saturated heterocycles. The second-order valence-corrected chi connectivity index (χ2v) is 3.54. The monoisotopic (exact) mass is 241 g/mol. The highest BCUT2D eigenvalue weighted by atomic mass is 79.9. The van der Waals surface area contributed by atoms with Gasteiger partial charge in [0, 0.05) is 10.7 Å². The molecule has 2 heterocycles. The molecule has 4 nitrogen and oxygen atoms in total. The van der Waals surface area contributed by atoms with Gasteiger partial charge in [0.15, 0.2) is 5.52 Å². The van der Waals surface area contributed by atoms with Crippen LogP contribution in [-0.2, 0) is 0 Å². The van der Waals surface area contributed by atoms with Crippen LogP contribution in [0.25, 0.3) is 11.0 Å². The molecule has 0 unspecified atom stereocenters. The largest absolute Gasteiger partial charge is 0.478 e. The van der Waals surface area contributed by atoms with Crippen LogP contribution in [0.4, 0.5) is 0 Å². The highest BCUT2D eigenvalue weighted by Gasteiger charge is 2.10. The zero-order valence-corrected chi connectivity index (χ0v) is 8.84. The fourth-order valence-corrected chi connectivity index (χ4v) is 1.48. The lowest BCUT2D eigenvalue weighted by atomic mass is 10.2. The molecule has 0 radical (unpaired) electrons. The number of hydrogen-bond acceptors (Lipinski definition) is 3. The lowest BCUT2D eigenvalue weighted by Gasteiger charge is -1.97. The van der Waals surface area contributed by atoms with Crippen molar-refractivity contribution in [3.05, 3.63) is 16.2 Å². The molecule has 0 aromatic carbocycles. The summed E-state index contributed by atoms with van der Waals surface area (Å²) in [7, 11) is 1.58. The highest BCUT2D eigenvalue weighted by Crippen LogP contribution is 2.26. The number of aryl methyl sites for hydroxylation is 1. The Bertz CT molecular complexity index is 452. The van der Waals surface area contributed by atoms with Crippen molar-refractivity contribution in [3.8, 4) is 5.88 Å². The Kier molecular flexibility index (Phi) is 1.95. The van der Waals surface area contributed by atoms with Crippen LogP contribution in [0.5, 0.6) is 5.88 Å². The molecule has 68 valence electrons. The van der Waals surface area contributed by atoms with Gasteiger partial charge in [0.05, 0.1) is 12.6 Å². The number of methoxy groups -OCH3 is 1. The summed E-state index contributed by atoms with van der Waals surface area (Å²) < 4.78 is 6.01. The van der Waals surface area contributed by atoms with Crippen LogP contribution in [0, 0.1) is 6.92 Å². The summed E-state index contributed by atoms with van der Waals surface area (Å²) in [6, 6.07) is 0. The summed E-state index contributed by atoms with van der Waals surface area (Å²) in [4.78, 5) is 4.21. The number of nitrogens with one attached hydrogen (secondary N) is 1. The van der Waals surface area contributed by atoms with E-state index in [9.17, 15) is 0 Å². The predicted molar refractivity (Wildman–Crippen MR) is 52.9 cm³/mol. The molecule has 0 amide bonds. The zero-order valence-electron chi connectivity index (χ0n) is 7.26. The fourth-order valence-electron chi connectivity index (χ4n) is 1.18. The van der Waals surface area contributed by atoms with E-state index < -0.39 is 0 Å². The minimum Gasteiger partial charge on any atom is -0.478 e. The lowest BCUT2D eigenvalue weighted by molar-refractivity contribution is 0.400. The summed E-state index contributed by atoms with van der Waals surface area (Å²) in [5, 5.41) is 6.87. The van der Waals surface area contributed by atoms with Gasteiger partial charge in [-0.1, -0.05) is 0 Å². The van der Waals surface area contributed by atoms with Crippen molar-refractivity contribution in [3.63, 3.8) is 0 Å². The number of aromatic nitrogens is 3. The molecule has 5 heteroatoms. The molecule has 1 N–H and O–H groups in total. The maximum Gasteiger partial charge on any atom is 0.259 e. The van der Waals surface area contributed by atoms with Gasteiger partial charge in [0.2, 0.25) is 0 Å². The van der Waals surface area contributed by atoms with Crippen molar-refractivity contribution in [2.45, 2.75) is 6.92 Å². The van der Waals surface area contributed by atoms with Gasteiger partial charge >= 0.3 is 0 Å². The number of fused-ring (bicyclic) bond motifs is 1. The molecular weight excluding hydrogens is 234 g/mol. The Morgan fingerprint density at radius 3 is 3.00 bits per heavy atom. The molecule has 0 bridgehead atoms. The van der Waals surface area contributed by atoms with Crippen LogP contribution in [0.3, 0.4) is 0 Å². The van der Waals surface area contributed by atoms with E-state index in [1.54, 1.807) is 13.3 Å². The van der Waals surface area contributed by atoms with Crippen molar-refractivity contribution in [1.82, 2.24) is 15.2 Å². The van der Waals surface area contributed by atoms with E-state index >= 15 is 0 Å². The molecule has 2 rings (SSSR count). The summed E-state index contributed by atoms with van der Waals surface area (Å²) in [5.41, 5.74) is 2.76. The van der Waals surface area contributed by atoms with Crippen molar-refractivity contribution >= 4 is 27.0 Å². The standard InChI is InChI=1S/C8H8BrN3O/c1-4-5(9)3-10-7-6(4)11-12-8(7)13-2/h3H,1-2H3,(H,11,12). The van der Waals surface area contributed by atoms with Crippen molar-refractivity contribution < 1.29 is 4.74 Å². The average Bonchev–Trinajstić information content (AvgIpc) is 2.55. The van der Waals surface area contributed by atoms with E-state index in [1.807, 2.05) is 6.92 Å². The lowest BCUT2D eigenvalue weighted by Crippen LogP contribution is -1.85. The van der Waals surface area contributed by atoms with E-state index in [-0.39, 0.29) is 0 Å². The zero-order chi connectivity index (χ0) is 9.42. The summed E-state index contributed by atoms with van der Waals surface area (Å²) in [5.74, 6) is 0.533. The maximum absolute atomic E-state index is 5.04. The van der Waals surface area contributed by atoms with Crippen LogP contribution in [0.2, 0.25) is 0 Å². The SMILES string of the molecule is COc1n[nH]c2c(C)c(Br)cnc12. The van der Waals surface area contributed by atoms with Gasteiger partial charge in [-0.3, -0.25) is 5.10 Å². The van der Waals surface area contributed by atoms with Gasteiger partial charge in [0.25, 0.3) is 5.88 Å². The second kappa shape index (κ2) is 2.99. The number of H-pyrrole nitrogens is 1. The molecule has 0 aliphatic heterocycles. The van der Waals surface area contributed by atoms with Crippen LogP contribution in [-0.4, -0.2) is 22.3 Å². The number of aromatic amines is 1. The maximum atomic E-state index is 5.04. The minimum absolute atomic E-state index is 0.533. The Morgan fingerprint density at radius 1 is 1.54 bits per heavy atom. The number of rotatable bonds is 1. The van der Waals surface area contributed by atoms with Gasteiger partial charge < -0.3 is 4.74 Å². The molecule has 0 aliphatic carbocycles. The van der Waals surface area contributed by atoms with E-state index in [1.165, 1.54) is 0 Å². The number of halogens is 1. The topological polar surface area (TPSA) is 50.8 Å². The Morgan fingerprint density at radius 2 is 2.31 bits per heavy atom. The first-order valence-electron chi connectivity index (χ1n) is 3.77. The summed E-state index contributed by atoms with van der Waals surface area (Å²) in [6.07, 6.45) is 1.75. The van der Waals surface area contributed by atoms with Crippen molar-refractivity contribution in [2.24, 2.45) is 0 Å². The van der Waals surface area contributed by atoms with Crippen molar-refractivity contribution in [2.75, 3.05) is 7.11 Å². The van der Waals surface area contributed by atoms with Crippen LogP contribution in [0.1, 0.15) is 5.56 Å². The number of nitrogens with zero attached hydrogens (tertiary/aromatic N) is 2. The van der Waals surface area contributed by atoms with Crippen LogP contribution in [0.15, 0.2) is 10.7 Å². The Labute approximate surface area is 83.4 Å². The van der Waals surface area contributed by atoms with E-state index in [0.717, 1.165) is 21.1 Å². The number of ether oxygens (including phenoxy) is 1. The van der Waals surface area contributed by atoms with Gasteiger partial charge in [-0.15, -0.1) is 5.10 Å². The number of pyridine rings is 1. The molecule has 2 aromatic rings. The molecular formula is C8H8BrN3O. The smallest absolute Gasteiger partial charge is 0.259 e. The van der Waals surface area contributed by atoms with Gasteiger partial charge in [-0.2, -0.15) is 0 Å². The molecule has 0 spiro atoms. The highest BCUT2D eigenvalue weighted by molar-refractivity contribution is 9.10. The van der Waals surface area contributed by atoms with E-state index in [4.69, 9.17) is 4.74 Å². The molecule has 0 aliphatic rings. The van der Waals surface area contributed by atoms with Gasteiger partial charge in [-0.25, -0.2) is 4.98 Å². The van der Waals surface area contributed by atoms with E-state index in [0.29, 0.717) is 5.88 Å². The third-order valence-corrected chi connectivity index (χ3v) is 2.74. The predicted octanol–water partition coefficient (Wildman–Crippen LogP) is 2.04. The third kappa shape index (κ3) is 1.19. The second-order valence-electron chi connectivity index (χ2n) is 2.69. The first-order chi connectivity index (χ1) is 6.24. The normalized spacial score (nSPS) is 10.7. The quantitative estimate of drug-likeness (QED) is 0.832. The van der Waals surface area contributed by atoms with Crippen molar-refractivity contribution in [1.29, 1.82) is 0 Å². The van der Waals surface area contributed by atoms with Gasteiger partial charge in [-0.05, 0) is 28.4 Å². The fraction of sp³-hybridized carbons (Fsp3) is 0.250. The summed E-state index contributed by atoms with van der Waals surface area (Å²) >= 11 is 3.40. The Balaban J connectivity index is 2.81. The van der Waals surface area contributed by atoms with Crippen LogP contribution < -0.4 is 4.74 Å². The van der Waals surface area contributed by atoms with Crippen LogP contribution >= 0.6 is 15.9 Å². The molecule has 2 aromatic heterocycles. The molecule has 0 saturated carbocycles. The first kappa shape index (κ1) is 8.50.